The molecule has 1 rings (SSSR count). The van der Waals surface area contributed by atoms with Crippen LogP contribution in [0.1, 0.15) is 16.1 Å². The molecule has 5 heteroatoms. The molecule has 1 aromatic rings. The van der Waals surface area contributed by atoms with Crippen molar-refractivity contribution in [1.29, 1.82) is 0 Å². The van der Waals surface area contributed by atoms with E-state index in [0.29, 0.717) is 5.69 Å². The van der Waals surface area contributed by atoms with Gasteiger partial charge in [0.25, 0.3) is 0 Å². The van der Waals surface area contributed by atoms with E-state index in [-0.39, 0.29) is 10.7 Å². The molecule has 1 aromatic heterocycles. The van der Waals surface area contributed by atoms with Gasteiger partial charge in [0.05, 0.1) is 18.4 Å². The van der Waals surface area contributed by atoms with Gasteiger partial charge in [0.15, 0.2) is 0 Å². The van der Waals surface area contributed by atoms with Gasteiger partial charge >= 0.3 is 5.97 Å². The van der Waals surface area contributed by atoms with Crippen molar-refractivity contribution in [3.63, 3.8) is 0 Å². The molecule has 0 N–H and O–H groups in total. The first-order valence-corrected chi connectivity index (χ1v) is 5.02. The molecule has 0 aliphatic rings. The van der Waals surface area contributed by atoms with E-state index in [9.17, 15) is 4.79 Å². The van der Waals surface area contributed by atoms with Gasteiger partial charge in [0.1, 0.15) is 5.15 Å². The Balaban J connectivity index is 2.95. The summed E-state index contributed by atoms with van der Waals surface area (Å²) in [6, 6.07) is 3.30. The molecule has 16 heavy (non-hydrogen) atoms. The second-order valence-corrected chi connectivity index (χ2v) is 3.70. The minimum absolute atomic E-state index is 0.146. The lowest BCUT2D eigenvalue weighted by Crippen LogP contribution is -2.04. The van der Waals surface area contributed by atoms with Crippen molar-refractivity contribution in [2.24, 2.45) is 0 Å². The van der Waals surface area contributed by atoms with Crippen LogP contribution < -0.4 is 0 Å². The van der Waals surface area contributed by atoms with Crippen LogP contribution in [0, 0.1) is 0 Å². The molecule has 0 spiro atoms. The molecule has 0 amide bonds. The fourth-order valence-electron chi connectivity index (χ4n) is 1.03. The predicted octanol–water partition coefficient (Wildman–Crippen LogP) is 2.05. The van der Waals surface area contributed by atoms with Gasteiger partial charge in [0.2, 0.25) is 0 Å². The number of methoxy groups -OCH3 is 1. The lowest BCUT2D eigenvalue weighted by molar-refractivity contribution is 0.0600. The highest BCUT2D eigenvalue weighted by atomic mass is 35.5. The highest BCUT2D eigenvalue weighted by molar-refractivity contribution is 6.32. The Morgan fingerprint density at radius 1 is 1.50 bits per heavy atom. The van der Waals surface area contributed by atoms with Gasteiger partial charge in [-0.15, -0.1) is 0 Å². The first-order chi connectivity index (χ1) is 7.54. The molecule has 0 radical (unpaired) electrons. The molecular weight excluding hydrogens is 228 g/mol. The molecule has 0 atom stereocenters. The van der Waals surface area contributed by atoms with Crippen LogP contribution in [0.5, 0.6) is 0 Å². The summed E-state index contributed by atoms with van der Waals surface area (Å²) in [5.74, 6) is -0.486. The van der Waals surface area contributed by atoms with Crippen molar-refractivity contribution in [2.45, 2.75) is 0 Å². The summed E-state index contributed by atoms with van der Waals surface area (Å²) >= 11 is 5.86. The number of aromatic nitrogens is 1. The van der Waals surface area contributed by atoms with E-state index in [2.05, 4.69) is 9.72 Å². The monoisotopic (exact) mass is 240 g/mol. The van der Waals surface area contributed by atoms with Gasteiger partial charge in [-0.1, -0.05) is 11.6 Å². The molecule has 86 valence electrons. The van der Waals surface area contributed by atoms with Crippen molar-refractivity contribution >= 4 is 23.6 Å². The van der Waals surface area contributed by atoms with Crippen molar-refractivity contribution in [2.75, 3.05) is 21.2 Å². The number of rotatable bonds is 3. The fourth-order valence-corrected chi connectivity index (χ4v) is 1.27. The lowest BCUT2D eigenvalue weighted by Gasteiger charge is -2.04. The standard InChI is InChI=1S/C11H13ClN2O2/c1-14(2)7-6-8-4-5-9(10(12)13-8)11(15)16-3/h4-7H,1-3H3. The number of hydrogen-bond donors (Lipinski definition) is 0. The van der Waals surface area contributed by atoms with Gasteiger partial charge in [-0.3, -0.25) is 0 Å². The number of hydrogen-bond acceptors (Lipinski definition) is 4. The van der Waals surface area contributed by atoms with Gasteiger partial charge in [-0.05, 0) is 18.2 Å². The van der Waals surface area contributed by atoms with Crippen molar-refractivity contribution in [1.82, 2.24) is 9.88 Å². The van der Waals surface area contributed by atoms with E-state index in [1.54, 1.807) is 18.2 Å². The van der Waals surface area contributed by atoms with Crippen molar-refractivity contribution in [3.8, 4) is 0 Å². The molecule has 0 aliphatic heterocycles. The predicted molar refractivity (Wildman–Crippen MR) is 63.3 cm³/mol. The molecule has 0 saturated heterocycles. The third-order valence-electron chi connectivity index (χ3n) is 1.82. The van der Waals surface area contributed by atoms with Crippen LogP contribution >= 0.6 is 11.6 Å². The number of pyridine rings is 1. The number of halogens is 1. The van der Waals surface area contributed by atoms with E-state index < -0.39 is 5.97 Å². The van der Waals surface area contributed by atoms with E-state index >= 15 is 0 Å². The van der Waals surface area contributed by atoms with Crippen LogP contribution in [0.2, 0.25) is 5.15 Å². The van der Waals surface area contributed by atoms with Gasteiger partial charge in [-0.2, -0.15) is 0 Å². The average Bonchev–Trinajstić information content (AvgIpc) is 2.25. The largest absolute Gasteiger partial charge is 0.465 e. The van der Waals surface area contributed by atoms with Crippen LogP contribution in [0.15, 0.2) is 18.3 Å². The number of nitrogens with zero attached hydrogens (tertiary/aromatic N) is 2. The molecule has 0 aromatic carbocycles. The number of carbonyl (C=O) groups excluding carboxylic acids is 1. The van der Waals surface area contributed by atoms with Crippen LogP contribution in [0.25, 0.3) is 6.08 Å². The zero-order valence-electron chi connectivity index (χ0n) is 9.40. The van der Waals surface area contributed by atoms with Crippen molar-refractivity contribution in [3.05, 3.63) is 34.7 Å². The maximum Gasteiger partial charge on any atom is 0.341 e. The summed E-state index contributed by atoms with van der Waals surface area (Å²) in [7, 11) is 5.11. The molecule has 4 nitrogen and oxygen atoms in total. The summed E-state index contributed by atoms with van der Waals surface area (Å²) in [5, 5.41) is 0.146. The minimum Gasteiger partial charge on any atom is -0.465 e. The highest BCUT2D eigenvalue weighted by Gasteiger charge is 2.11. The zero-order valence-corrected chi connectivity index (χ0v) is 10.2. The van der Waals surface area contributed by atoms with E-state index in [4.69, 9.17) is 11.6 Å². The summed E-state index contributed by atoms with van der Waals surface area (Å²) in [5.41, 5.74) is 0.956. The van der Waals surface area contributed by atoms with Crippen LogP contribution in [-0.2, 0) is 4.74 Å². The molecule has 0 saturated carbocycles. The normalized spacial score (nSPS) is 10.5. The fraction of sp³-hybridized carbons (Fsp3) is 0.273. The summed E-state index contributed by atoms with van der Waals surface area (Å²) in [6.45, 7) is 0. The third kappa shape index (κ3) is 3.24. The lowest BCUT2D eigenvalue weighted by atomic mass is 10.2. The maximum absolute atomic E-state index is 11.2. The topological polar surface area (TPSA) is 42.4 Å². The van der Waals surface area contributed by atoms with Crippen LogP contribution in [0.3, 0.4) is 0 Å². The minimum atomic E-state index is -0.486. The zero-order chi connectivity index (χ0) is 12.1. The molecular formula is C11H13ClN2O2. The van der Waals surface area contributed by atoms with E-state index in [1.165, 1.54) is 7.11 Å². The molecule has 0 fully saturated rings. The SMILES string of the molecule is COC(=O)c1ccc(C=CN(C)C)nc1Cl. The Kier molecular flexibility index (Phi) is 4.31. The Morgan fingerprint density at radius 3 is 2.69 bits per heavy atom. The Hall–Kier alpha value is -1.55. The van der Waals surface area contributed by atoms with Crippen LogP contribution in [-0.4, -0.2) is 37.1 Å². The first-order valence-electron chi connectivity index (χ1n) is 4.64. The molecule has 0 aliphatic carbocycles. The number of ether oxygens (including phenoxy) is 1. The highest BCUT2D eigenvalue weighted by Crippen LogP contribution is 2.15. The van der Waals surface area contributed by atoms with Gasteiger partial charge < -0.3 is 9.64 Å². The summed E-state index contributed by atoms with van der Waals surface area (Å²) in [6.07, 6.45) is 3.64. The van der Waals surface area contributed by atoms with Crippen molar-refractivity contribution < 1.29 is 9.53 Å². The van der Waals surface area contributed by atoms with Gasteiger partial charge in [0, 0.05) is 20.3 Å². The third-order valence-corrected chi connectivity index (χ3v) is 2.11. The Bertz CT molecular complexity index is 416. The van der Waals surface area contributed by atoms with Crippen LogP contribution in [0.4, 0.5) is 0 Å². The average molecular weight is 241 g/mol. The second-order valence-electron chi connectivity index (χ2n) is 3.35. The molecule has 0 unspecified atom stereocenters. The second kappa shape index (κ2) is 5.51. The van der Waals surface area contributed by atoms with E-state index in [1.807, 2.05) is 25.2 Å². The molecule has 1 heterocycles. The Labute approximate surface area is 99.5 Å². The quantitative estimate of drug-likeness (QED) is 0.599. The number of carbonyl (C=O) groups is 1. The number of esters is 1. The molecule has 0 bridgehead atoms. The first kappa shape index (κ1) is 12.5. The smallest absolute Gasteiger partial charge is 0.341 e. The maximum atomic E-state index is 11.2. The van der Waals surface area contributed by atoms with E-state index in [0.717, 1.165) is 0 Å². The summed E-state index contributed by atoms with van der Waals surface area (Å²) in [4.78, 5) is 17.2. The summed E-state index contributed by atoms with van der Waals surface area (Å²) < 4.78 is 4.57. The van der Waals surface area contributed by atoms with Gasteiger partial charge in [-0.25, -0.2) is 9.78 Å². The Morgan fingerprint density at radius 2 is 2.19 bits per heavy atom.